The van der Waals surface area contributed by atoms with Crippen LogP contribution in [0, 0.1) is 0 Å². The van der Waals surface area contributed by atoms with Gasteiger partial charge in [-0.15, -0.1) is 0 Å². The predicted molar refractivity (Wildman–Crippen MR) is 84.4 cm³/mol. The van der Waals surface area contributed by atoms with Gasteiger partial charge < -0.3 is 15.5 Å². The Hall–Kier alpha value is -2.14. The Kier molecular flexibility index (Phi) is 4.01. The number of carbonyl (C=O) groups excluding carboxylic acids is 1. The molecule has 0 bridgehead atoms. The molecule has 1 aromatic carbocycles. The molecule has 3 rings (SSSR count). The van der Waals surface area contributed by atoms with Crippen LogP contribution in [0.15, 0.2) is 36.4 Å². The van der Waals surface area contributed by atoms with Crippen molar-refractivity contribution in [2.24, 2.45) is 0 Å². The monoisotopic (exact) mass is 284 g/mol. The zero-order valence-corrected chi connectivity index (χ0v) is 12.2. The van der Waals surface area contributed by atoms with Gasteiger partial charge in [0.15, 0.2) is 0 Å². The maximum Gasteiger partial charge on any atom is 0.244 e. The highest BCUT2D eigenvalue weighted by molar-refractivity contribution is 5.86. The van der Waals surface area contributed by atoms with Crippen molar-refractivity contribution < 1.29 is 4.79 Å². The van der Waals surface area contributed by atoms with E-state index >= 15 is 0 Å². The number of likely N-dealkylation sites (N-methyl/N-ethyl adjacent to an activating group) is 1. The van der Waals surface area contributed by atoms with E-state index in [-0.39, 0.29) is 11.9 Å². The van der Waals surface area contributed by atoms with Gasteiger partial charge >= 0.3 is 0 Å². The minimum atomic E-state index is -0.202. The van der Waals surface area contributed by atoms with Crippen molar-refractivity contribution in [1.82, 2.24) is 15.6 Å². The summed E-state index contributed by atoms with van der Waals surface area (Å²) >= 11 is 0. The number of piperazine rings is 1. The van der Waals surface area contributed by atoms with Crippen LogP contribution >= 0.6 is 0 Å². The first-order chi connectivity index (χ1) is 10.3. The first-order valence-electron chi connectivity index (χ1n) is 7.40. The molecule has 1 atom stereocenters. The van der Waals surface area contributed by atoms with Gasteiger partial charge in [0.2, 0.25) is 5.91 Å². The SMILES string of the molecule is CCNC(=O)C1CNCCN1c1ccc2ccccc2n1. The average Bonchev–Trinajstić information content (AvgIpc) is 2.54. The Balaban J connectivity index is 1.92. The van der Waals surface area contributed by atoms with Crippen LogP contribution < -0.4 is 15.5 Å². The summed E-state index contributed by atoms with van der Waals surface area (Å²) < 4.78 is 0. The lowest BCUT2D eigenvalue weighted by molar-refractivity contribution is -0.122. The highest BCUT2D eigenvalue weighted by Crippen LogP contribution is 2.20. The van der Waals surface area contributed by atoms with E-state index in [4.69, 9.17) is 4.98 Å². The zero-order valence-electron chi connectivity index (χ0n) is 12.2. The van der Waals surface area contributed by atoms with Crippen LogP contribution in [0.3, 0.4) is 0 Å². The summed E-state index contributed by atoms with van der Waals surface area (Å²) in [5.41, 5.74) is 0.961. The molecule has 21 heavy (non-hydrogen) atoms. The molecule has 0 spiro atoms. The van der Waals surface area contributed by atoms with E-state index in [1.165, 1.54) is 0 Å². The number of para-hydroxylation sites is 1. The van der Waals surface area contributed by atoms with Gasteiger partial charge in [0, 0.05) is 31.6 Å². The Morgan fingerprint density at radius 3 is 3.10 bits per heavy atom. The smallest absolute Gasteiger partial charge is 0.244 e. The second kappa shape index (κ2) is 6.10. The van der Waals surface area contributed by atoms with E-state index in [1.54, 1.807) is 0 Å². The van der Waals surface area contributed by atoms with Gasteiger partial charge in [-0.05, 0) is 25.1 Å². The number of hydrogen-bond donors (Lipinski definition) is 2. The summed E-state index contributed by atoms with van der Waals surface area (Å²) in [4.78, 5) is 19.0. The van der Waals surface area contributed by atoms with E-state index in [0.717, 1.165) is 29.8 Å². The number of anilines is 1. The molecule has 0 saturated carbocycles. The summed E-state index contributed by atoms with van der Waals surface area (Å²) in [7, 11) is 0. The number of pyridine rings is 1. The Morgan fingerprint density at radius 2 is 2.24 bits per heavy atom. The molecule has 1 aromatic heterocycles. The van der Waals surface area contributed by atoms with Crippen molar-refractivity contribution in [3.8, 4) is 0 Å². The van der Waals surface area contributed by atoms with Crippen molar-refractivity contribution in [3.63, 3.8) is 0 Å². The molecule has 0 aliphatic carbocycles. The highest BCUT2D eigenvalue weighted by Gasteiger charge is 2.29. The fourth-order valence-corrected chi connectivity index (χ4v) is 2.72. The molecule has 2 heterocycles. The maximum atomic E-state index is 12.2. The number of benzene rings is 1. The number of fused-ring (bicyclic) bond motifs is 1. The second-order valence-electron chi connectivity index (χ2n) is 5.17. The quantitative estimate of drug-likeness (QED) is 0.888. The Labute approximate surface area is 124 Å². The van der Waals surface area contributed by atoms with Crippen LogP contribution in [0.2, 0.25) is 0 Å². The lowest BCUT2D eigenvalue weighted by atomic mass is 10.1. The van der Waals surface area contributed by atoms with Crippen molar-refractivity contribution in [1.29, 1.82) is 0 Å². The van der Waals surface area contributed by atoms with E-state index in [2.05, 4.69) is 21.6 Å². The fraction of sp³-hybridized carbons (Fsp3) is 0.375. The molecule has 1 fully saturated rings. The maximum absolute atomic E-state index is 12.2. The van der Waals surface area contributed by atoms with Crippen LogP contribution in [0.5, 0.6) is 0 Å². The molecule has 1 unspecified atom stereocenters. The van der Waals surface area contributed by atoms with E-state index in [0.29, 0.717) is 13.1 Å². The first-order valence-corrected chi connectivity index (χ1v) is 7.40. The van der Waals surface area contributed by atoms with Gasteiger partial charge in [-0.2, -0.15) is 0 Å². The van der Waals surface area contributed by atoms with Crippen molar-refractivity contribution in [2.45, 2.75) is 13.0 Å². The predicted octanol–water partition coefficient (Wildman–Crippen LogP) is 1.15. The van der Waals surface area contributed by atoms with Gasteiger partial charge in [-0.3, -0.25) is 4.79 Å². The van der Waals surface area contributed by atoms with Crippen LogP contribution in [-0.4, -0.2) is 43.1 Å². The van der Waals surface area contributed by atoms with Crippen LogP contribution in [0.25, 0.3) is 10.9 Å². The third-order valence-electron chi connectivity index (χ3n) is 3.78. The van der Waals surface area contributed by atoms with E-state index in [9.17, 15) is 4.79 Å². The molecular weight excluding hydrogens is 264 g/mol. The third-order valence-corrected chi connectivity index (χ3v) is 3.78. The van der Waals surface area contributed by atoms with Crippen LogP contribution in [0.4, 0.5) is 5.82 Å². The molecule has 5 nitrogen and oxygen atoms in total. The molecule has 1 aliphatic rings. The van der Waals surface area contributed by atoms with Crippen molar-refractivity contribution in [3.05, 3.63) is 36.4 Å². The largest absolute Gasteiger partial charge is 0.355 e. The number of amides is 1. The minimum absolute atomic E-state index is 0.0552. The van der Waals surface area contributed by atoms with E-state index in [1.807, 2.05) is 37.3 Å². The van der Waals surface area contributed by atoms with Crippen LogP contribution in [-0.2, 0) is 4.79 Å². The molecule has 2 aromatic rings. The zero-order chi connectivity index (χ0) is 14.7. The van der Waals surface area contributed by atoms with Crippen LogP contribution in [0.1, 0.15) is 6.92 Å². The molecule has 0 radical (unpaired) electrons. The van der Waals surface area contributed by atoms with Gasteiger partial charge in [0.05, 0.1) is 5.52 Å². The molecule has 1 saturated heterocycles. The van der Waals surface area contributed by atoms with Crippen molar-refractivity contribution >= 4 is 22.6 Å². The number of rotatable bonds is 3. The van der Waals surface area contributed by atoms with Gasteiger partial charge in [-0.1, -0.05) is 18.2 Å². The molecule has 5 heteroatoms. The number of carbonyl (C=O) groups is 1. The standard InChI is InChI=1S/C16H20N4O/c1-2-18-16(21)14-11-17-9-10-20(14)15-8-7-12-5-3-4-6-13(12)19-15/h3-8,14,17H,2,9-11H2,1H3,(H,18,21). The van der Waals surface area contributed by atoms with Crippen molar-refractivity contribution in [2.75, 3.05) is 31.1 Å². The third kappa shape index (κ3) is 2.83. The molecule has 2 N–H and O–H groups in total. The number of nitrogens with zero attached hydrogens (tertiary/aromatic N) is 2. The Morgan fingerprint density at radius 1 is 1.38 bits per heavy atom. The molecule has 1 amide bonds. The summed E-state index contributed by atoms with van der Waals surface area (Å²) in [6.45, 7) is 4.89. The molecular formula is C16H20N4O. The molecule has 110 valence electrons. The summed E-state index contributed by atoms with van der Waals surface area (Å²) in [6.07, 6.45) is 0. The Bertz CT molecular complexity index is 643. The summed E-state index contributed by atoms with van der Waals surface area (Å²) in [6, 6.07) is 11.9. The minimum Gasteiger partial charge on any atom is -0.355 e. The number of hydrogen-bond acceptors (Lipinski definition) is 4. The lowest BCUT2D eigenvalue weighted by Crippen LogP contribution is -2.58. The van der Waals surface area contributed by atoms with Gasteiger partial charge in [0.1, 0.15) is 11.9 Å². The summed E-state index contributed by atoms with van der Waals surface area (Å²) in [5, 5.41) is 7.30. The van der Waals surface area contributed by atoms with Gasteiger partial charge in [0.25, 0.3) is 0 Å². The highest BCUT2D eigenvalue weighted by atomic mass is 16.2. The van der Waals surface area contributed by atoms with E-state index < -0.39 is 0 Å². The topological polar surface area (TPSA) is 57.3 Å². The average molecular weight is 284 g/mol. The molecule has 1 aliphatic heterocycles. The normalized spacial score (nSPS) is 18.7. The fourth-order valence-electron chi connectivity index (χ4n) is 2.72. The second-order valence-corrected chi connectivity index (χ2v) is 5.17. The van der Waals surface area contributed by atoms with Gasteiger partial charge in [-0.25, -0.2) is 4.98 Å². The first kappa shape index (κ1) is 13.8. The number of nitrogens with one attached hydrogen (secondary N) is 2. The summed E-state index contributed by atoms with van der Waals surface area (Å²) in [5.74, 6) is 0.922. The lowest BCUT2D eigenvalue weighted by Gasteiger charge is -2.36. The number of aromatic nitrogens is 1.